The summed E-state index contributed by atoms with van der Waals surface area (Å²) in [5.74, 6) is -0.590. The first-order chi connectivity index (χ1) is 15.9. The number of carbonyl (C=O) groups excluding carboxylic acids is 2. The lowest BCUT2D eigenvalue weighted by Crippen LogP contribution is -2.32. The molecule has 8 nitrogen and oxygen atoms in total. The van der Waals surface area contributed by atoms with Crippen LogP contribution in [0, 0.1) is 5.82 Å². The number of nitrogens with one attached hydrogen (secondary N) is 2. The van der Waals surface area contributed by atoms with E-state index in [2.05, 4.69) is 15.8 Å². The van der Waals surface area contributed by atoms with Gasteiger partial charge in [0.15, 0.2) is 6.29 Å². The van der Waals surface area contributed by atoms with Crippen LogP contribution in [0.3, 0.4) is 0 Å². The Bertz CT molecular complexity index is 981. The van der Waals surface area contributed by atoms with Crippen LogP contribution in [-0.4, -0.2) is 48.2 Å². The predicted octanol–water partition coefficient (Wildman–Crippen LogP) is 3.53. The zero-order valence-corrected chi connectivity index (χ0v) is 19.0. The third-order valence-electron chi connectivity index (χ3n) is 4.88. The molecular weight excluding hydrogens is 451 g/mol. The Morgan fingerprint density at radius 1 is 1.33 bits per heavy atom. The number of hydroxylamine groups is 1. The summed E-state index contributed by atoms with van der Waals surface area (Å²) < 4.78 is 18.4. The molecule has 10 heteroatoms. The molecule has 1 saturated heterocycles. The van der Waals surface area contributed by atoms with E-state index in [0.717, 1.165) is 24.8 Å². The number of anilines is 1. The van der Waals surface area contributed by atoms with Crippen molar-refractivity contribution in [2.75, 3.05) is 25.5 Å². The molecule has 0 saturated carbocycles. The third-order valence-corrected chi connectivity index (χ3v) is 5.17. The highest BCUT2D eigenvalue weighted by Gasteiger charge is 2.15. The second-order valence-corrected chi connectivity index (χ2v) is 7.95. The Kier molecular flexibility index (Phi) is 9.17. The molecule has 2 aromatic rings. The van der Waals surface area contributed by atoms with E-state index in [9.17, 15) is 14.0 Å². The van der Waals surface area contributed by atoms with Crippen molar-refractivity contribution >= 4 is 35.3 Å². The fourth-order valence-corrected chi connectivity index (χ4v) is 3.30. The number of pyridine rings is 1. The van der Waals surface area contributed by atoms with Crippen LogP contribution < -0.4 is 10.8 Å². The van der Waals surface area contributed by atoms with Gasteiger partial charge in [-0.3, -0.25) is 9.59 Å². The number of halogens is 2. The number of likely N-dealkylation sites (N-methyl/N-ethyl adjacent to an activating group) is 1. The number of nitrogens with zero attached hydrogens (tertiary/aromatic N) is 2. The molecule has 0 bridgehead atoms. The average Bonchev–Trinajstić information content (AvgIpc) is 2.82. The minimum absolute atomic E-state index is 0.0113. The van der Waals surface area contributed by atoms with E-state index >= 15 is 0 Å². The smallest absolute Gasteiger partial charge is 0.267 e. The highest BCUT2D eigenvalue weighted by Crippen LogP contribution is 2.21. The summed E-state index contributed by atoms with van der Waals surface area (Å²) in [6.07, 6.45) is 6.68. The lowest BCUT2D eigenvalue weighted by Gasteiger charge is -2.21. The first-order valence-electron chi connectivity index (χ1n) is 10.5. The third kappa shape index (κ3) is 8.12. The van der Waals surface area contributed by atoms with Gasteiger partial charge in [-0.2, -0.15) is 0 Å². The van der Waals surface area contributed by atoms with Crippen molar-refractivity contribution in [2.45, 2.75) is 32.1 Å². The molecule has 0 radical (unpaired) electrons. The van der Waals surface area contributed by atoms with Crippen LogP contribution in [0.5, 0.6) is 0 Å². The average molecular weight is 477 g/mol. The van der Waals surface area contributed by atoms with Gasteiger partial charge in [-0.05, 0) is 48.2 Å². The lowest BCUT2D eigenvalue weighted by atomic mass is 10.2. The van der Waals surface area contributed by atoms with Crippen molar-refractivity contribution in [3.63, 3.8) is 0 Å². The van der Waals surface area contributed by atoms with Gasteiger partial charge >= 0.3 is 0 Å². The summed E-state index contributed by atoms with van der Waals surface area (Å²) in [5, 5.41) is 3.21. The number of aromatic nitrogens is 1. The number of hydrogen-bond acceptors (Lipinski definition) is 6. The van der Waals surface area contributed by atoms with Crippen molar-refractivity contribution in [3.8, 4) is 0 Å². The first-order valence-corrected chi connectivity index (χ1v) is 10.9. The molecule has 2 N–H and O–H groups in total. The Labute approximate surface area is 196 Å². The Morgan fingerprint density at radius 2 is 2.12 bits per heavy atom. The van der Waals surface area contributed by atoms with Gasteiger partial charge in [0.1, 0.15) is 11.6 Å². The zero-order chi connectivity index (χ0) is 23.6. The van der Waals surface area contributed by atoms with Crippen molar-refractivity contribution < 1.29 is 23.6 Å². The van der Waals surface area contributed by atoms with E-state index in [-0.39, 0.29) is 18.3 Å². The molecule has 1 aromatic carbocycles. The highest BCUT2D eigenvalue weighted by atomic mass is 35.5. The molecule has 1 aromatic heterocycles. The summed E-state index contributed by atoms with van der Waals surface area (Å²) in [6, 6.07) is 7.60. The summed E-state index contributed by atoms with van der Waals surface area (Å²) in [7, 11) is 1.66. The van der Waals surface area contributed by atoms with Gasteiger partial charge in [0.25, 0.3) is 5.91 Å². The van der Waals surface area contributed by atoms with Gasteiger partial charge in [0.05, 0.1) is 11.6 Å². The highest BCUT2D eigenvalue weighted by molar-refractivity contribution is 6.33. The molecule has 2 heterocycles. The van der Waals surface area contributed by atoms with E-state index in [1.807, 2.05) is 0 Å². The fourth-order valence-electron chi connectivity index (χ4n) is 3.05. The largest absolute Gasteiger partial charge is 0.360 e. The number of carbonyl (C=O) groups is 2. The maximum absolute atomic E-state index is 13.0. The molecule has 0 aliphatic carbocycles. The molecule has 2 amide bonds. The maximum Gasteiger partial charge on any atom is 0.267 e. The molecule has 3 rings (SSSR count). The Morgan fingerprint density at radius 3 is 2.82 bits per heavy atom. The van der Waals surface area contributed by atoms with E-state index in [1.54, 1.807) is 31.3 Å². The van der Waals surface area contributed by atoms with E-state index in [0.29, 0.717) is 29.6 Å². The second-order valence-electron chi connectivity index (χ2n) is 7.54. The minimum Gasteiger partial charge on any atom is -0.360 e. The summed E-state index contributed by atoms with van der Waals surface area (Å²) in [5.41, 5.74) is 3.76. The van der Waals surface area contributed by atoms with E-state index < -0.39 is 12.2 Å². The number of benzene rings is 1. The van der Waals surface area contributed by atoms with Crippen molar-refractivity contribution in [1.29, 1.82) is 0 Å². The molecule has 33 heavy (non-hydrogen) atoms. The Hall–Kier alpha value is -3.01. The van der Waals surface area contributed by atoms with Crippen molar-refractivity contribution in [1.82, 2.24) is 15.4 Å². The van der Waals surface area contributed by atoms with Gasteiger partial charge in [0, 0.05) is 38.9 Å². The lowest BCUT2D eigenvalue weighted by molar-refractivity contribution is -0.198. The van der Waals surface area contributed by atoms with Gasteiger partial charge in [0.2, 0.25) is 5.91 Å². The Balaban J connectivity index is 1.45. The molecule has 0 spiro atoms. The molecular formula is C23H26ClFN4O4. The molecule has 1 aliphatic heterocycles. The molecule has 1 unspecified atom stereocenters. The maximum atomic E-state index is 13.0. The minimum atomic E-state index is -0.433. The molecule has 1 aliphatic rings. The van der Waals surface area contributed by atoms with Crippen LogP contribution in [0.1, 0.15) is 30.4 Å². The normalized spacial score (nSPS) is 15.9. The number of amides is 2. The monoisotopic (exact) mass is 476 g/mol. The van der Waals surface area contributed by atoms with Crippen molar-refractivity contribution in [2.24, 2.45) is 0 Å². The topological polar surface area (TPSA) is 92.8 Å². The van der Waals surface area contributed by atoms with Gasteiger partial charge in [-0.25, -0.2) is 19.7 Å². The zero-order valence-electron chi connectivity index (χ0n) is 18.2. The van der Waals surface area contributed by atoms with Gasteiger partial charge < -0.3 is 15.0 Å². The molecule has 1 atom stereocenters. The van der Waals surface area contributed by atoms with Crippen molar-refractivity contribution in [3.05, 3.63) is 64.6 Å². The molecule has 176 valence electrons. The van der Waals surface area contributed by atoms with Crippen LogP contribution in [-0.2, 0) is 25.7 Å². The SMILES string of the molecule is CN(Cc1ccc(F)cc1)C(=O)CNc1ncc(/C=C/C(=O)NOC2CCCCO2)cc1Cl. The van der Waals surface area contributed by atoms with Gasteiger partial charge in [-0.15, -0.1) is 0 Å². The quantitative estimate of drug-likeness (QED) is 0.425. The van der Waals surface area contributed by atoms with Crippen LogP contribution in [0.4, 0.5) is 10.2 Å². The summed E-state index contributed by atoms with van der Waals surface area (Å²) >= 11 is 6.25. The summed E-state index contributed by atoms with van der Waals surface area (Å²) in [6.45, 7) is 0.962. The van der Waals surface area contributed by atoms with Gasteiger partial charge in [-0.1, -0.05) is 23.7 Å². The molecule has 1 fully saturated rings. The standard InChI is InChI=1S/C23H26ClFN4O4/c1-29(15-16-5-8-18(25)9-6-16)21(31)14-27-23-19(24)12-17(13-26-23)7-10-20(30)28-33-22-4-2-3-11-32-22/h5-10,12-13,22H,2-4,11,14-15H2,1H3,(H,26,27)(H,28,30)/b10-7+. The second kappa shape index (κ2) is 12.3. The first kappa shape index (κ1) is 24.6. The number of ether oxygens (including phenoxy) is 1. The fraction of sp³-hybridized carbons (Fsp3) is 0.348. The van der Waals surface area contributed by atoms with E-state index in [4.69, 9.17) is 21.2 Å². The van der Waals surface area contributed by atoms with Crippen LogP contribution in [0.2, 0.25) is 5.02 Å². The van der Waals surface area contributed by atoms with Crippen LogP contribution in [0.25, 0.3) is 6.08 Å². The van der Waals surface area contributed by atoms with Crippen LogP contribution >= 0.6 is 11.6 Å². The summed E-state index contributed by atoms with van der Waals surface area (Å²) in [4.78, 5) is 35.2. The van der Waals surface area contributed by atoms with E-state index in [1.165, 1.54) is 29.3 Å². The predicted molar refractivity (Wildman–Crippen MR) is 122 cm³/mol. The number of hydrogen-bond donors (Lipinski definition) is 2. The van der Waals surface area contributed by atoms with Crippen LogP contribution in [0.15, 0.2) is 42.6 Å². The number of rotatable bonds is 9.